The van der Waals surface area contributed by atoms with Crippen LogP contribution in [0.4, 0.5) is 0 Å². The van der Waals surface area contributed by atoms with Gasteiger partial charge in [-0.15, -0.1) is 0 Å². The van der Waals surface area contributed by atoms with Crippen molar-refractivity contribution >= 4 is 0 Å². The van der Waals surface area contributed by atoms with Crippen molar-refractivity contribution in [3.8, 4) is 0 Å². The van der Waals surface area contributed by atoms with E-state index in [4.69, 9.17) is 0 Å². The molecular formula is C30H50O. The summed E-state index contributed by atoms with van der Waals surface area (Å²) in [4.78, 5) is 0. The molecule has 4 rings (SSSR count). The first-order valence-electron chi connectivity index (χ1n) is 13.7. The van der Waals surface area contributed by atoms with E-state index >= 15 is 0 Å². The first kappa shape index (κ1) is 23.6. The lowest BCUT2D eigenvalue weighted by molar-refractivity contribution is -0.103. The van der Waals surface area contributed by atoms with Crippen molar-refractivity contribution in [2.24, 2.45) is 39.9 Å². The largest absolute Gasteiger partial charge is 0.393 e. The third-order valence-corrected chi connectivity index (χ3v) is 11.1. The van der Waals surface area contributed by atoms with E-state index in [9.17, 15) is 5.11 Å². The number of hydrogen-bond donors (Lipinski definition) is 1. The minimum absolute atomic E-state index is 0.0871. The zero-order valence-corrected chi connectivity index (χ0v) is 21.7. The predicted octanol–water partition coefficient (Wildman–Crippen LogP) is 8.48. The molecule has 4 aliphatic carbocycles. The molecule has 0 aromatic rings. The lowest BCUT2D eigenvalue weighted by atomic mass is 9.45. The van der Waals surface area contributed by atoms with Crippen molar-refractivity contribution in [2.75, 3.05) is 0 Å². The summed E-state index contributed by atoms with van der Waals surface area (Å²) in [5.74, 6) is 3.15. The molecule has 1 fully saturated rings. The molecule has 7 atom stereocenters. The Balaban J connectivity index is 1.59. The summed E-state index contributed by atoms with van der Waals surface area (Å²) in [5, 5.41) is 10.9. The highest BCUT2D eigenvalue weighted by molar-refractivity contribution is 5.49. The second kappa shape index (κ2) is 8.34. The van der Waals surface area contributed by atoms with Crippen LogP contribution < -0.4 is 0 Å². The maximum atomic E-state index is 10.9. The van der Waals surface area contributed by atoms with Gasteiger partial charge in [0.1, 0.15) is 0 Å². The molecule has 1 unspecified atom stereocenters. The molecule has 0 radical (unpaired) electrons. The molecule has 0 saturated heterocycles. The molecule has 0 amide bonds. The van der Waals surface area contributed by atoms with Gasteiger partial charge >= 0.3 is 0 Å². The number of allylic oxidation sites excluding steroid dienone is 4. The molecule has 0 aliphatic heterocycles. The van der Waals surface area contributed by atoms with Gasteiger partial charge in [0.25, 0.3) is 0 Å². The SMILES string of the molecule is CC[C@@]1(C)C2CCC3=C(CC[C@@]4(C)C3=CC[C@@H]4[C@H](C)CCCC(C)C)[C@@]2(C)CC[C@@H]1O. The summed E-state index contributed by atoms with van der Waals surface area (Å²) in [7, 11) is 0. The molecule has 1 heteroatoms. The van der Waals surface area contributed by atoms with Crippen LogP contribution in [-0.4, -0.2) is 11.2 Å². The number of hydrogen-bond acceptors (Lipinski definition) is 1. The number of aliphatic hydroxyl groups is 1. The van der Waals surface area contributed by atoms with E-state index in [1.165, 1.54) is 57.8 Å². The highest BCUT2D eigenvalue weighted by Gasteiger charge is 2.58. The number of aliphatic hydroxyl groups excluding tert-OH is 1. The molecular weight excluding hydrogens is 376 g/mol. The normalized spacial score (nSPS) is 43.4. The fourth-order valence-electron chi connectivity index (χ4n) is 8.93. The summed E-state index contributed by atoms with van der Waals surface area (Å²) in [6, 6.07) is 0. The predicted molar refractivity (Wildman–Crippen MR) is 133 cm³/mol. The number of rotatable bonds is 6. The fraction of sp³-hybridized carbons (Fsp3) is 0.867. The molecule has 0 bridgehead atoms. The van der Waals surface area contributed by atoms with Crippen molar-refractivity contribution in [3.63, 3.8) is 0 Å². The number of fused-ring (bicyclic) bond motifs is 4. The van der Waals surface area contributed by atoms with E-state index in [2.05, 4.69) is 54.5 Å². The van der Waals surface area contributed by atoms with Gasteiger partial charge in [-0.2, -0.15) is 0 Å². The van der Waals surface area contributed by atoms with Gasteiger partial charge in [0.15, 0.2) is 0 Å². The van der Waals surface area contributed by atoms with Gasteiger partial charge in [-0.3, -0.25) is 0 Å². The van der Waals surface area contributed by atoms with E-state index in [0.29, 0.717) is 16.7 Å². The zero-order valence-electron chi connectivity index (χ0n) is 21.7. The minimum Gasteiger partial charge on any atom is -0.393 e. The van der Waals surface area contributed by atoms with Crippen LogP contribution in [0.5, 0.6) is 0 Å². The van der Waals surface area contributed by atoms with Crippen LogP contribution >= 0.6 is 0 Å². The molecule has 0 aromatic heterocycles. The molecule has 1 N–H and O–H groups in total. The van der Waals surface area contributed by atoms with E-state index in [-0.39, 0.29) is 11.5 Å². The Morgan fingerprint density at radius 1 is 1.00 bits per heavy atom. The first-order valence-corrected chi connectivity index (χ1v) is 13.7. The van der Waals surface area contributed by atoms with E-state index in [1.807, 2.05) is 5.57 Å². The lowest BCUT2D eigenvalue weighted by Crippen LogP contribution is -2.54. The van der Waals surface area contributed by atoms with Gasteiger partial charge in [0.05, 0.1) is 6.10 Å². The highest BCUT2D eigenvalue weighted by Crippen LogP contribution is 2.67. The van der Waals surface area contributed by atoms with Gasteiger partial charge in [-0.1, -0.05) is 79.4 Å². The second-order valence-corrected chi connectivity index (χ2v) is 13.1. The molecule has 1 saturated carbocycles. The van der Waals surface area contributed by atoms with Crippen molar-refractivity contribution in [1.82, 2.24) is 0 Å². The molecule has 0 spiro atoms. The Morgan fingerprint density at radius 2 is 1.74 bits per heavy atom. The summed E-state index contributed by atoms with van der Waals surface area (Å²) in [6.45, 7) is 17.2. The van der Waals surface area contributed by atoms with Gasteiger partial charge < -0.3 is 5.11 Å². The van der Waals surface area contributed by atoms with Crippen molar-refractivity contribution in [3.05, 3.63) is 22.8 Å². The van der Waals surface area contributed by atoms with Crippen LogP contribution in [-0.2, 0) is 0 Å². The molecule has 0 heterocycles. The van der Waals surface area contributed by atoms with Crippen molar-refractivity contribution in [1.29, 1.82) is 0 Å². The highest BCUT2D eigenvalue weighted by atomic mass is 16.3. The third-order valence-electron chi connectivity index (χ3n) is 11.1. The van der Waals surface area contributed by atoms with Gasteiger partial charge in [-0.25, -0.2) is 0 Å². The summed E-state index contributed by atoms with van der Waals surface area (Å²) < 4.78 is 0. The van der Waals surface area contributed by atoms with Crippen LogP contribution in [0.15, 0.2) is 22.8 Å². The minimum atomic E-state index is -0.117. The topological polar surface area (TPSA) is 20.2 Å². The van der Waals surface area contributed by atoms with E-state index in [1.54, 1.807) is 11.1 Å². The fourth-order valence-corrected chi connectivity index (χ4v) is 8.93. The Kier molecular flexibility index (Phi) is 6.35. The quantitative estimate of drug-likeness (QED) is 0.451. The standard InChI is InChI=1S/C30H50O/c1-8-28(5)26-15-12-22-24-14-13-23(21(4)11-9-10-20(2)3)29(24,6)18-16-25(22)30(26,7)19-17-27(28)31/h14,20-21,23,26-27,31H,8-13,15-19H2,1-7H3/t21-,23-,26?,27+,28+,29-,30-/m1/s1. The molecule has 4 aliphatic rings. The maximum Gasteiger partial charge on any atom is 0.0597 e. The van der Waals surface area contributed by atoms with Crippen LogP contribution in [0.2, 0.25) is 0 Å². The zero-order chi connectivity index (χ0) is 22.6. The van der Waals surface area contributed by atoms with Crippen molar-refractivity contribution < 1.29 is 5.11 Å². The lowest BCUT2D eigenvalue weighted by Gasteiger charge is -2.60. The Bertz CT molecular complexity index is 744. The molecule has 31 heavy (non-hydrogen) atoms. The summed E-state index contributed by atoms with van der Waals surface area (Å²) in [6.07, 6.45) is 16.5. The molecule has 0 aromatic carbocycles. The Morgan fingerprint density at radius 3 is 2.42 bits per heavy atom. The van der Waals surface area contributed by atoms with Crippen molar-refractivity contribution in [2.45, 2.75) is 125 Å². The molecule has 1 nitrogen and oxygen atoms in total. The third kappa shape index (κ3) is 3.60. The molecule has 176 valence electrons. The summed E-state index contributed by atoms with van der Waals surface area (Å²) >= 11 is 0. The van der Waals surface area contributed by atoms with Crippen LogP contribution in [0.3, 0.4) is 0 Å². The smallest absolute Gasteiger partial charge is 0.0597 e. The first-order chi connectivity index (χ1) is 14.6. The van der Waals surface area contributed by atoms with Crippen LogP contribution in [0.1, 0.15) is 119 Å². The van der Waals surface area contributed by atoms with Crippen LogP contribution in [0, 0.1) is 39.9 Å². The van der Waals surface area contributed by atoms with Gasteiger partial charge in [-0.05, 0) is 102 Å². The average Bonchev–Trinajstić information content (AvgIpc) is 3.08. The Labute approximate surface area is 193 Å². The van der Waals surface area contributed by atoms with Gasteiger partial charge in [0, 0.05) is 0 Å². The van der Waals surface area contributed by atoms with E-state index in [0.717, 1.165) is 30.6 Å². The van der Waals surface area contributed by atoms with Crippen LogP contribution in [0.25, 0.3) is 0 Å². The Hall–Kier alpha value is -0.560. The van der Waals surface area contributed by atoms with Gasteiger partial charge in [0.2, 0.25) is 0 Å². The second-order valence-electron chi connectivity index (χ2n) is 13.1. The summed E-state index contributed by atoms with van der Waals surface area (Å²) in [5.41, 5.74) is 6.15. The van der Waals surface area contributed by atoms with E-state index < -0.39 is 0 Å². The monoisotopic (exact) mass is 426 g/mol. The maximum absolute atomic E-state index is 10.9. The average molecular weight is 427 g/mol.